The average Bonchev–Trinajstić information content (AvgIpc) is 3.34. The van der Waals surface area contributed by atoms with E-state index in [0.29, 0.717) is 13.0 Å². The fourth-order valence-electron chi connectivity index (χ4n) is 4.84. The number of carbonyl (C=O) groups excluding carboxylic acids is 1. The lowest BCUT2D eigenvalue weighted by molar-refractivity contribution is -0.117. The predicted molar refractivity (Wildman–Crippen MR) is 135 cm³/mol. The summed E-state index contributed by atoms with van der Waals surface area (Å²) in [5.41, 5.74) is 6.94. The lowest BCUT2D eigenvalue weighted by Crippen LogP contribution is -2.25. The highest BCUT2D eigenvalue weighted by molar-refractivity contribution is 5.97. The summed E-state index contributed by atoms with van der Waals surface area (Å²) in [6, 6.07) is 25.3. The predicted octanol–water partition coefficient (Wildman–Crippen LogP) is 6.21. The van der Waals surface area contributed by atoms with Crippen molar-refractivity contribution in [3.63, 3.8) is 0 Å². The van der Waals surface area contributed by atoms with Crippen LogP contribution in [-0.4, -0.2) is 22.0 Å². The van der Waals surface area contributed by atoms with E-state index in [-0.39, 0.29) is 17.2 Å². The first-order valence-corrected chi connectivity index (χ1v) is 11.7. The number of nitrogens with zero attached hydrogens (tertiary/aromatic N) is 3. The fourth-order valence-corrected chi connectivity index (χ4v) is 4.84. The van der Waals surface area contributed by atoms with Gasteiger partial charge in [-0.3, -0.25) is 4.79 Å². The Morgan fingerprint density at radius 1 is 0.939 bits per heavy atom. The number of aryl methyl sites for hydroxylation is 1. The fraction of sp³-hybridized carbons (Fsp3) is 0.310. The molecule has 1 atom stereocenters. The molecule has 1 saturated heterocycles. The molecule has 4 nitrogen and oxygen atoms in total. The number of carbonyl (C=O) groups is 1. The van der Waals surface area contributed by atoms with E-state index < -0.39 is 0 Å². The van der Waals surface area contributed by atoms with Crippen LogP contribution < -0.4 is 4.90 Å². The number of rotatable bonds is 4. The van der Waals surface area contributed by atoms with Gasteiger partial charge in [0, 0.05) is 31.1 Å². The Kier molecular flexibility index (Phi) is 5.32. The van der Waals surface area contributed by atoms with Gasteiger partial charge in [0.05, 0.1) is 11.0 Å². The monoisotopic (exact) mass is 437 g/mol. The molecule has 1 unspecified atom stereocenters. The van der Waals surface area contributed by atoms with Crippen molar-refractivity contribution >= 4 is 22.6 Å². The van der Waals surface area contributed by atoms with Crippen molar-refractivity contribution in [2.75, 3.05) is 11.4 Å². The summed E-state index contributed by atoms with van der Waals surface area (Å²) in [6.45, 7) is 10.2. The van der Waals surface area contributed by atoms with Crippen LogP contribution in [0.1, 0.15) is 55.6 Å². The van der Waals surface area contributed by atoms with Gasteiger partial charge in [-0.25, -0.2) is 4.98 Å². The maximum atomic E-state index is 13.0. The van der Waals surface area contributed by atoms with Crippen LogP contribution in [0.25, 0.3) is 11.0 Å². The largest absolute Gasteiger partial charge is 0.323 e. The summed E-state index contributed by atoms with van der Waals surface area (Å²) in [6.07, 6.45) is 0.487. The molecular weight excluding hydrogens is 406 g/mol. The van der Waals surface area contributed by atoms with Gasteiger partial charge in [-0.15, -0.1) is 0 Å². The second kappa shape index (κ2) is 8.18. The maximum Gasteiger partial charge on any atom is 0.227 e. The Bertz CT molecular complexity index is 1310. The Hall–Kier alpha value is -3.40. The molecule has 1 aliphatic heterocycles. The van der Waals surface area contributed by atoms with Crippen LogP contribution in [-0.2, 0) is 16.8 Å². The molecule has 0 radical (unpaired) electrons. The molecule has 2 heterocycles. The highest BCUT2D eigenvalue weighted by Crippen LogP contribution is 2.35. The first kappa shape index (κ1) is 21.4. The zero-order chi connectivity index (χ0) is 23.2. The normalized spacial score (nSPS) is 16.7. The molecule has 1 aliphatic rings. The van der Waals surface area contributed by atoms with Crippen LogP contribution in [0.3, 0.4) is 0 Å². The first-order chi connectivity index (χ1) is 15.8. The number of para-hydroxylation sites is 3. The average molecular weight is 438 g/mol. The van der Waals surface area contributed by atoms with Crippen LogP contribution in [0, 0.1) is 6.92 Å². The summed E-state index contributed by atoms with van der Waals surface area (Å²) in [7, 11) is 0. The molecule has 3 aromatic carbocycles. The summed E-state index contributed by atoms with van der Waals surface area (Å²) in [5.74, 6) is 1.24. The lowest BCUT2D eigenvalue weighted by atomic mass is 9.87. The van der Waals surface area contributed by atoms with E-state index >= 15 is 0 Å². The molecule has 4 aromatic rings. The number of hydrogen-bond donors (Lipinski definition) is 0. The van der Waals surface area contributed by atoms with Gasteiger partial charge in [-0.05, 0) is 47.2 Å². The van der Waals surface area contributed by atoms with E-state index in [1.807, 2.05) is 29.2 Å². The van der Waals surface area contributed by atoms with Crippen molar-refractivity contribution < 1.29 is 4.79 Å². The molecule has 0 bridgehead atoms. The Balaban J connectivity index is 1.50. The Morgan fingerprint density at radius 3 is 2.36 bits per heavy atom. The maximum absolute atomic E-state index is 13.0. The molecule has 5 rings (SSSR count). The number of hydrogen-bond acceptors (Lipinski definition) is 2. The smallest absolute Gasteiger partial charge is 0.227 e. The number of fused-ring (bicyclic) bond motifs is 1. The van der Waals surface area contributed by atoms with Gasteiger partial charge in [0.2, 0.25) is 5.91 Å². The van der Waals surface area contributed by atoms with E-state index in [0.717, 1.165) is 34.7 Å². The molecule has 33 heavy (non-hydrogen) atoms. The summed E-state index contributed by atoms with van der Waals surface area (Å²) in [4.78, 5) is 20.0. The minimum atomic E-state index is 0.0679. The molecule has 4 heteroatoms. The number of benzene rings is 3. The lowest BCUT2D eigenvalue weighted by Gasteiger charge is -2.20. The number of amides is 1. The van der Waals surface area contributed by atoms with Crippen molar-refractivity contribution in [1.82, 2.24) is 9.55 Å². The molecule has 0 spiro atoms. The topological polar surface area (TPSA) is 38.1 Å². The summed E-state index contributed by atoms with van der Waals surface area (Å²) in [5, 5.41) is 0. The third-order valence-electron chi connectivity index (χ3n) is 6.74. The highest BCUT2D eigenvalue weighted by Gasteiger charge is 2.35. The summed E-state index contributed by atoms with van der Waals surface area (Å²) >= 11 is 0. The molecular formula is C29H31N3O. The van der Waals surface area contributed by atoms with Gasteiger partial charge in [0.15, 0.2) is 0 Å². The van der Waals surface area contributed by atoms with Crippen molar-refractivity contribution in [2.45, 2.75) is 52.0 Å². The SMILES string of the molecule is Cc1ccccc1N1CC(c2nc3ccccc3n2Cc2ccc(C(C)(C)C)cc2)CC1=O. The number of imidazole rings is 1. The van der Waals surface area contributed by atoms with E-state index in [1.165, 1.54) is 11.1 Å². The van der Waals surface area contributed by atoms with Gasteiger partial charge in [0.1, 0.15) is 5.82 Å². The van der Waals surface area contributed by atoms with Crippen LogP contribution in [0.15, 0.2) is 72.8 Å². The Labute approximate surface area is 195 Å². The quantitative estimate of drug-likeness (QED) is 0.381. The zero-order valence-electron chi connectivity index (χ0n) is 19.9. The van der Waals surface area contributed by atoms with Gasteiger partial charge in [-0.2, -0.15) is 0 Å². The standard InChI is InChI=1S/C29H31N3O/c1-20-9-5-7-11-25(20)31-19-22(17-27(31)33)28-30-24-10-6-8-12-26(24)32(28)18-21-13-15-23(16-14-21)29(2,3)4/h5-16,22H,17-19H2,1-4H3. The van der Waals surface area contributed by atoms with Gasteiger partial charge < -0.3 is 9.47 Å². The second-order valence-corrected chi connectivity index (χ2v) is 10.2. The van der Waals surface area contributed by atoms with Gasteiger partial charge in [-0.1, -0.05) is 75.4 Å². The molecule has 1 aromatic heterocycles. The van der Waals surface area contributed by atoms with Crippen LogP contribution in [0.5, 0.6) is 0 Å². The minimum Gasteiger partial charge on any atom is -0.323 e. The molecule has 0 N–H and O–H groups in total. The third-order valence-corrected chi connectivity index (χ3v) is 6.74. The number of aromatic nitrogens is 2. The minimum absolute atomic E-state index is 0.0679. The van der Waals surface area contributed by atoms with E-state index in [2.05, 4.69) is 80.8 Å². The zero-order valence-corrected chi connectivity index (χ0v) is 19.9. The van der Waals surface area contributed by atoms with Gasteiger partial charge >= 0.3 is 0 Å². The van der Waals surface area contributed by atoms with Crippen LogP contribution >= 0.6 is 0 Å². The second-order valence-electron chi connectivity index (χ2n) is 10.2. The molecule has 168 valence electrons. The van der Waals surface area contributed by atoms with Crippen molar-refractivity contribution in [3.05, 3.63) is 95.3 Å². The molecule has 1 amide bonds. The third kappa shape index (κ3) is 4.06. The van der Waals surface area contributed by atoms with Crippen molar-refractivity contribution in [3.8, 4) is 0 Å². The van der Waals surface area contributed by atoms with Gasteiger partial charge in [0.25, 0.3) is 0 Å². The van der Waals surface area contributed by atoms with Crippen LogP contribution in [0.2, 0.25) is 0 Å². The van der Waals surface area contributed by atoms with E-state index in [1.54, 1.807) is 0 Å². The van der Waals surface area contributed by atoms with E-state index in [9.17, 15) is 4.79 Å². The summed E-state index contributed by atoms with van der Waals surface area (Å²) < 4.78 is 2.31. The van der Waals surface area contributed by atoms with Crippen LogP contribution in [0.4, 0.5) is 5.69 Å². The molecule has 1 fully saturated rings. The Morgan fingerprint density at radius 2 is 1.64 bits per heavy atom. The molecule has 0 aliphatic carbocycles. The molecule has 0 saturated carbocycles. The number of anilines is 1. The van der Waals surface area contributed by atoms with Crippen molar-refractivity contribution in [1.29, 1.82) is 0 Å². The highest BCUT2D eigenvalue weighted by atomic mass is 16.2. The van der Waals surface area contributed by atoms with Crippen molar-refractivity contribution in [2.24, 2.45) is 0 Å². The first-order valence-electron chi connectivity index (χ1n) is 11.7. The van der Waals surface area contributed by atoms with E-state index in [4.69, 9.17) is 4.98 Å².